The monoisotopic (exact) mass is 401 g/mol. The SMILES string of the molecule is OCC1CCCCN1c1cc(NCC2CCN(Cc3cccs3)CC2)ncn1. The molecule has 2 fully saturated rings. The molecule has 4 rings (SSSR count). The number of nitrogens with one attached hydrogen (secondary N) is 1. The summed E-state index contributed by atoms with van der Waals surface area (Å²) in [5.41, 5.74) is 0. The number of hydrogen-bond acceptors (Lipinski definition) is 7. The summed E-state index contributed by atoms with van der Waals surface area (Å²) < 4.78 is 0. The van der Waals surface area contributed by atoms with E-state index in [9.17, 15) is 5.11 Å². The molecule has 0 bridgehead atoms. The number of rotatable bonds is 7. The molecule has 6 nitrogen and oxygen atoms in total. The number of aromatic nitrogens is 2. The van der Waals surface area contributed by atoms with Crippen molar-refractivity contribution >= 4 is 23.0 Å². The van der Waals surface area contributed by atoms with Crippen LogP contribution < -0.4 is 10.2 Å². The summed E-state index contributed by atoms with van der Waals surface area (Å²) in [7, 11) is 0. The van der Waals surface area contributed by atoms with Gasteiger partial charge in [0.25, 0.3) is 0 Å². The van der Waals surface area contributed by atoms with Crippen molar-refractivity contribution in [1.82, 2.24) is 14.9 Å². The zero-order chi connectivity index (χ0) is 19.2. The molecule has 2 aliphatic heterocycles. The summed E-state index contributed by atoms with van der Waals surface area (Å²) in [6.07, 6.45) is 7.48. The Hall–Kier alpha value is -1.70. The average Bonchev–Trinajstić information content (AvgIpc) is 3.26. The van der Waals surface area contributed by atoms with Crippen LogP contribution in [0, 0.1) is 5.92 Å². The lowest BCUT2D eigenvalue weighted by atomic mass is 9.97. The highest BCUT2D eigenvalue weighted by molar-refractivity contribution is 7.09. The van der Waals surface area contributed by atoms with Gasteiger partial charge >= 0.3 is 0 Å². The van der Waals surface area contributed by atoms with E-state index in [1.54, 1.807) is 6.33 Å². The molecule has 152 valence electrons. The fourth-order valence-corrected chi connectivity index (χ4v) is 5.06. The molecular weight excluding hydrogens is 370 g/mol. The van der Waals surface area contributed by atoms with E-state index < -0.39 is 0 Å². The second-order valence-corrected chi connectivity index (χ2v) is 9.00. The third-order valence-electron chi connectivity index (χ3n) is 6.02. The van der Waals surface area contributed by atoms with Crippen LogP contribution in [0.4, 0.5) is 11.6 Å². The summed E-state index contributed by atoms with van der Waals surface area (Å²) in [4.78, 5) is 15.1. The quantitative estimate of drug-likeness (QED) is 0.743. The van der Waals surface area contributed by atoms with Crippen molar-refractivity contribution in [2.75, 3.05) is 43.0 Å². The van der Waals surface area contributed by atoms with Crippen LogP contribution in [-0.4, -0.2) is 58.8 Å². The summed E-state index contributed by atoms with van der Waals surface area (Å²) in [6.45, 7) is 5.55. The Kier molecular flexibility index (Phi) is 6.77. The fourth-order valence-electron chi connectivity index (χ4n) is 4.31. The minimum absolute atomic E-state index is 0.184. The normalized spacial score (nSPS) is 21.8. The molecule has 1 atom stereocenters. The van der Waals surface area contributed by atoms with Gasteiger partial charge in [0.1, 0.15) is 18.0 Å². The Morgan fingerprint density at radius 2 is 2.04 bits per heavy atom. The average molecular weight is 402 g/mol. The molecular formula is C21H31N5OS. The number of aliphatic hydroxyl groups excluding tert-OH is 1. The smallest absolute Gasteiger partial charge is 0.134 e. The van der Waals surface area contributed by atoms with E-state index in [1.165, 1.54) is 37.2 Å². The second kappa shape index (κ2) is 9.67. The minimum Gasteiger partial charge on any atom is -0.394 e. The van der Waals surface area contributed by atoms with E-state index in [2.05, 4.69) is 42.6 Å². The molecule has 0 amide bonds. The van der Waals surface area contributed by atoms with Gasteiger partial charge < -0.3 is 15.3 Å². The lowest BCUT2D eigenvalue weighted by Crippen LogP contribution is -2.42. The molecule has 0 spiro atoms. The number of aliphatic hydroxyl groups is 1. The van der Waals surface area contributed by atoms with Crippen molar-refractivity contribution in [3.63, 3.8) is 0 Å². The Morgan fingerprint density at radius 3 is 2.82 bits per heavy atom. The Bertz CT molecular complexity index is 717. The Labute approximate surface area is 171 Å². The fraction of sp³-hybridized carbons (Fsp3) is 0.619. The van der Waals surface area contributed by atoms with E-state index in [4.69, 9.17) is 0 Å². The third-order valence-corrected chi connectivity index (χ3v) is 6.88. The first-order valence-electron chi connectivity index (χ1n) is 10.5. The molecule has 2 aromatic rings. The third kappa shape index (κ3) is 5.01. The summed E-state index contributed by atoms with van der Waals surface area (Å²) in [6, 6.07) is 6.60. The number of likely N-dealkylation sites (tertiary alicyclic amines) is 1. The first-order valence-corrected chi connectivity index (χ1v) is 11.4. The maximum absolute atomic E-state index is 9.66. The minimum atomic E-state index is 0.184. The molecule has 7 heteroatoms. The van der Waals surface area contributed by atoms with Gasteiger partial charge in [-0.15, -0.1) is 11.3 Å². The highest BCUT2D eigenvalue weighted by atomic mass is 32.1. The van der Waals surface area contributed by atoms with Gasteiger partial charge in [0.05, 0.1) is 12.6 Å². The maximum Gasteiger partial charge on any atom is 0.134 e. The molecule has 0 aliphatic carbocycles. The van der Waals surface area contributed by atoms with E-state index in [0.29, 0.717) is 5.92 Å². The van der Waals surface area contributed by atoms with E-state index in [-0.39, 0.29) is 12.6 Å². The van der Waals surface area contributed by atoms with Crippen LogP contribution in [0.5, 0.6) is 0 Å². The molecule has 2 N–H and O–H groups in total. The summed E-state index contributed by atoms with van der Waals surface area (Å²) in [5, 5.41) is 15.4. The highest BCUT2D eigenvalue weighted by Crippen LogP contribution is 2.25. The predicted molar refractivity (Wildman–Crippen MR) is 115 cm³/mol. The van der Waals surface area contributed by atoms with Crippen molar-refractivity contribution < 1.29 is 5.11 Å². The summed E-state index contributed by atoms with van der Waals surface area (Å²) in [5.74, 6) is 2.52. The van der Waals surface area contributed by atoms with Crippen LogP contribution in [-0.2, 0) is 6.54 Å². The van der Waals surface area contributed by atoms with Crippen LogP contribution >= 0.6 is 11.3 Å². The van der Waals surface area contributed by atoms with Gasteiger partial charge in [-0.3, -0.25) is 4.90 Å². The van der Waals surface area contributed by atoms with Crippen LogP contribution in [0.25, 0.3) is 0 Å². The second-order valence-electron chi connectivity index (χ2n) is 7.97. The van der Waals surface area contributed by atoms with Crippen LogP contribution in [0.2, 0.25) is 0 Å². The van der Waals surface area contributed by atoms with E-state index >= 15 is 0 Å². The van der Waals surface area contributed by atoms with Gasteiger partial charge in [-0.1, -0.05) is 6.07 Å². The molecule has 0 saturated carbocycles. The zero-order valence-electron chi connectivity index (χ0n) is 16.5. The van der Waals surface area contributed by atoms with Gasteiger partial charge in [0.15, 0.2) is 0 Å². The summed E-state index contributed by atoms with van der Waals surface area (Å²) >= 11 is 1.85. The van der Waals surface area contributed by atoms with Crippen LogP contribution in [0.1, 0.15) is 37.0 Å². The number of hydrogen-bond donors (Lipinski definition) is 2. The molecule has 2 aromatic heterocycles. The number of piperidine rings is 2. The molecule has 0 aromatic carbocycles. The molecule has 1 unspecified atom stereocenters. The largest absolute Gasteiger partial charge is 0.394 e. The maximum atomic E-state index is 9.66. The van der Waals surface area contributed by atoms with Gasteiger partial charge in [-0.05, 0) is 62.6 Å². The van der Waals surface area contributed by atoms with Crippen molar-refractivity contribution in [3.8, 4) is 0 Å². The Morgan fingerprint density at radius 1 is 1.14 bits per heavy atom. The number of nitrogens with zero attached hydrogens (tertiary/aromatic N) is 4. The van der Waals surface area contributed by atoms with E-state index in [1.807, 2.05) is 17.4 Å². The lowest BCUT2D eigenvalue weighted by molar-refractivity contribution is 0.184. The highest BCUT2D eigenvalue weighted by Gasteiger charge is 2.23. The zero-order valence-corrected chi connectivity index (χ0v) is 17.3. The van der Waals surface area contributed by atoms with Crippen LogP contribution in [0.3, 0.4) is 0 Å². The standard InChI is InChI=1S/C21H31N5OS/c27-15-18-4-1-2-8-26(18)21-12-20(23-16-24-21)22-13-17-6-9-25(10-7-17)14-19-5-3-11-28-19/h3,5,11-12,16-18,27H,1-2,4,6-10,13-15H2,(H,22,23,24). The van der Waals surface area contributed by atoms with Gasteiger partial charge in [-0.2, -0.15) is 0 Å². The van der Waals surface area contributed by atoms with Gasteiger partial charge in [0.2, 0.25) is 0 Å². The predicted octanol–water partition coefficient (Wildman–Crippen LogP) is 3.21. The van der Waals surface area contributed by atoms with E-state index in [0.717, 1.165) is 44.1 Å². The molecule has 4 heterocycles. The van der Waals surface area contributed by atoms with Crippen molar-refractivity contribution in [2.24, 2.45) is 5.92 Å². The molecule has 2 saturated heterocycles. The van der Waals surface area contributed by atoms with Crippen molar-refractivity contribution in [1.29, 1.82) is 0 Å². The van der Waals surface area contributed by atoms with Gasteiger partial charge in [-0.25, -0.2) is 9.97 Å². The lowest BCUT2D eigenvalue weighted by Gasteiger charge is -2.35. The van der Waals surface area contributed by atoms with Gasteiger partial charge in [0, 0.05) is 30.6 Å². The number of thiophene rings is 1. The van der Waals surface area contributed by atoms with Crippen LogP contribution in [0.15, 0.2) is 29.9 Å². The Balaban J connectivity index is 1.26. The van der Waals surface area contributed by atoms with Crippen molar-refractivity contribution in [2.45, 2.75) is 44.7 Å². The first-order chi connectivity index (χ1) is 13.8. The topological polar surface area (TPSA) is 64.5 Å². The molecule has 2 aliphatic rings. The molecule has 0 radical (unpaired) electrons. The first kappa shape index (κ1) is 19.6. The van der Waals surface area contributed by atoms with Crippen molar-refractivity contribution in [3.05, 3.63) is 34.8 Å². The number of anilines is 2. The molecule has 28 heavy (non-hydrogen) atoms.